The smallest absolute Gasteiger partial charge is 0.261 e. The number of rotatable bonds is 5. The highest BCUT2D eigenvalue weighted by molar-refractivity contribution is 7.15. The minimum absolute atomic E-state index is 0.130. The number of fused-ring (bicyclic) bond motifs is 1. The number of benzene rings is 2. The van der Waals surface area contributed by atoms with Crippen LogP contribution in [0.3, 0.4) is 0 Å². The van der Waals surface area contributed by atoms with Gasteiger partial charge in [-0.1, -0.05) is 54.6 Å². The van der Waals surface area contributed by atoms with Crippen molar-refractivity contribution in [3.8, 4) is 0 Å². The first-order valence-corrected chi connectivity index (χ1v) is 10.3. The van der Waals surface area contributed by atoms with Crippen molar-refractivity contribution in [1.82, 2.24) is 5.32 Å². The fourth-order valence-corrected chi connectivity index (χ4v) is 4.78. The van der Waals surface area contributed by atoms with E-state index >= 15 is 0 Å². The maximum absolute atomic E-state index is 13.0. The highest BCUT2D eigenvalue weighted by Crippen LogP contribution is 2.40. The van der Waals surface area contributed by atoms with Gasteiger partial charge in [-0.25, -0.2) is 0 Å². The Labute approximate surface area is 168 Å². The molecule has 1 aliphatic rings. The van der Waals surface area contributed by atoms with Gasteiger partial charge in [0, 0.05) is 5.92 Å². The van der Waals surface area contributed by atoms with Gasteiger partial charge >= 0.3 is 0 Å². The summed E-state index contributed by atoms with van der Waals surface area (Å²) in [7, 11) is 0. The van der Waals surface area contributed by atoms with E-state index in [0.717, 1.165) is 36.2 Å². The standard InChI is InChI=1S/C23H22N2O2S/c24-22(26)19-13-14-20(28-19)23(27)25-21(16-8-2-1-3-9-16)18-12-6-10-15-7-4-5-11-17(15)18/h1-5,7-9,11,13-14,18,21H,6,10,12H2,(H2,24,26)(H,25,27)/t18-,21+/m0/s1. The lowest BCUT2D eigenvalue weighted by Crippen LogP contribution is -2.33. The summed E-state index contributed by atoms with van der Waals surface area (Å²) in [5.74, 6) is -0.467. The predicted molar refractivity (Wildman–Crippen MR) is 112 cm³/mol. The first-order chi connectivity index (χ1) is 13.6. The molecule has 2 aromatic carbocycles. The van der Waals surface area contributed by atoms with Crippen LogP contribution in [0.2, 0.25) is 0 Å². The molecule has 1 aromatic heterocycles. The molecule has 28 heavy (non-hydrogen) atoms. The van der Waals surface area contributed by atoms with Crippen LogP contribution in [-0.2, 0) is 6.42 Å². The third kappa shape index (κ3) is 3.71. The molecule has 0 radical (unpaired) electrons. The van der Waals surface area contributed by atoms with E-state index in [4.69, 9.17) is 5.73 Å². The second-order valence-electron chi connectivity index (χ2n) is 7.09. The van der Waals surface area contributed by atoms with Crippen molar-refractivity contribution in [3.05, 3.63) is 93.2 Å². The molecule has 2 atom stereocenters. The Morgan fingerprint density at radius 3 is 2.43 bits per heavy atom. The van der Waals surface area contributed by atoms with Crippen molar-refractivity contribution in [2.24, 2.45) is 5.73 Å². The Morgan fingerprint density at radius 1 is 0.964 bits per heavy atom. The van der Waals surface area contributed by atoms with Crippen molar-refractivity contribution >= 4 is 23.2 Å². The predicted octanol–water partition coefficient (Wildman–Crippen LogP) is 4.44. The third-order valence-corrected chi connectivity index (χ3v) is 6.43. The van der Waals surface area contributed by atoms with Gasteiger partial charge in [0.15, 0.2) is 0 Å². The molecule has 0 saturated heterocycles. The SMILES string of the molecule is NC(=O)c1ccc(C(=O)N[C@H](c2ccccc2)[C@H]2CCCc3ccccc32)s1. The lowest BCUT2D eigenvalue weighted by Gasteiger charge is -2.33. The lowest BCUT2D eigenvalue weighted by molar-refractivity contribution is 0.0931. The average molecular weight is 391 g/mol. The van der Waals surface area contributed by atoms with Crippen LogP contribution in [-0.4, -0.2) is 11.8 Å². The van der Waals surface area contributed by atoms with Crippen molar-refractivity contribution < 1.29 is 9.59 Å². The molecule has 0 saturated carbocycles. The van der Waals surface area contributed by atoms with Crippen molar-refractivity contribution in [2.75, 3.05) is 0 Å². The molecular weight excluding hydrogens is 368 g/mol. The molecule has 142 valence electrons. The number of nitrogens with two attached hydrogens (primary N) is 1. The molecule has 3 N–H and O–H groups in total. The number of aryl methyl sites for hydroxylation is 1. The van der Waals surface area contributed by atoms with E-state index < -0.39 is 5.91 Å². The van der Waals surface area contributed by atoms with Gasteiger partial charge in [-0.15, -0.1) is 11.3 Å². The Balaban J connectivity index is 1.67. The van der Waals surface area contributed by atoms with Gasteiger partial charge in [0.1, 0.15) is 0 Å². The summed E-state index contributed by atoms with van der Waals surface area (Å²) in [5, 5.41) is 3.23. The molecule has 4 nitrogen and oxygen atoms in total. The zero-order valence-corrected chi connectivity index (χ0v) is 16.2. The quantitative estimate of drug-likeness (QED) is 0.676. The fraction of sp³-hybridized carbons (Fsp3) is 0.217. The number of primary amides is 1. The van der Waals surface area contributed by atoms with Crippen LogP contribution < -0.4 is 11.1 Å². The van der Waals surface area contributed by atoms with E-state index in [1.807, 2.05) is 18.2 Å². The van der Waals surface area contributed by atoms with Gasteiger partial charge in [-0.3, -0.25) is 9.59 Å². The highest BCUT2D eigenvalue weighted by atomic mass is 32.1. The van der Waals surface area contributed by atoms with E-state index in [-0.39, 0.29) is 17.9 Å². The fourth-order valence-electron chi connectivity index (χ4n) is 4.02. The monoisotopic (exact) mass is 390 g/mol. The zero-order valence-electron chi connectivity index (χ0n) is 15.4. The van der Waals surface area contributed by atoms with E-state index in [9.17, 15) is 9.59 Å². The summed E-state index contributed by atoms with van der Waals surface area (Å²) in [6.07, 6.45) is 3.20. The largest absolute Gasteiger partial charge is 0.365 e. The van der Waals surface area contributed by atoms with Crippen LogP contribution >= 0.6 is 11.3 Å². The average Bonchev–Trinajstić information content (AvgIpc) is 3.23. The maximum Gasteiger partial charge on any atom is 0.261 e. The van der Waals surface area contributed by atoms with Gasteiger partial charge in [0.25, 0.3) is 11.8 Å². The van der Waals surface area contributed by atoms with E-state index in [2.05, 4.69) is 41.7 Å². The summed E-state index contributed by atoms with van der Waals surface area (Å²) in [6.45, 7) is 0. The normalized spacial score (nSPS) is 16.8. The summed E-state index contributed by atoms with van der Waals surface area (Å²) in [5.41, 5.74) is 9.09. The summed E-state index contributed by atoms with van der Waals surface area (Å²) in [4.78, 5) is 25.2. The van der Waals surface area contributed by atoms with Crippen molar-refractivity contribution in [3.63, 3.8) is 0 Å². The molecule has 4 rings (SSSR count). The number of carbonyl (C=O) groups excluding carboxylic acids is 2. The van der Waals surface area contributed by atoms with E-state index in [1.165, 1.54) is 11.1 Å². The number of amides is 2. The Bertz CT molecular complexity index is 997. The first kappa shape index (κ1) is 18.4. The molecule has 0 spiro atoms. The van der Waals surface area contributed by atoms with Crippen LogP contribution in [0.5, 0.6) is 0 Å². The Kier molecular flexibility index (Phi) is 5.26. The van der Waals surface area contributed by atoms with Gasteiger partial charge in [-0.2, -0.15) is 0 Å². The van der Waals surface area contributed by atoms with E-state index in [1.54, 1.807) is 12.1 Å². The first-order valence-electron chi connectivity index (χ1n) is 9.47. The minimum atomic E-state index is -0.509. The lowest BCUT2D eigenvalue weighted by atomic mass is 9.76. The number of hydrogen-bond donors (Lipinski definition) is 2. The number of hydrogen-bond acceptors (Lipinski definition) is 3. The van der Waals surface area contributed by atoms with Gasteiger partial charge in [0.05, 0.1) is 15.8 Å². The van der Waals surface area contributed by atoms with Crippen molar-refractivity contribution in [1.29, 1.82) is 0 Å². The molecule has 3 aromatic rings. The van der Waals surface area contributed by atoms with E-state index in [0.29, 0.717) is 9.75 Å². The van der Waals surface area contributed by atoms with Crippen LogP contribution in [0.4, 0.5) is 0 Å². The van der Waals surface area contributed by atoms with Crippen molar-refractivity contribution in [2.45, 2.75) is 31.2 Å². The Hall–Kier alpha value is -2.92. The molecule has 2 amide bonds. The molecule has 1 heterocycles. The number of nitrogens with one attached hydrogen (secondary N) is 1. The number of thiophene rings is 1. The molecule has 0 bridgehead atoms. The molecule has 0 unspecified atom stereocenters. The van der Waals surface area contributed by atoms with Gasteiger partial charge in [-0.05, 0) is 48.1 Å². The highest BCUT2D eigenvalue weighted by Gasteiger charge is 2.30. The summed E-state index contributed by atoms with van der Waals surface area (Å²) >= 11 is 1.13. The summed E-state index contributed by atoms with van der Waals surface area (Å²) < 4.78 is 0. The second-order valence-corrected chi connectivity index (χ2v) is 8.17. The molecule has 1 aliphatic carbocycles. The van der Waals surface area contributed by atoms with Gasteiger partial charge < -0.3 is 11.1 Å². The van der Waals surface area contributed by atoms with Gasteiger partial charge in [0.2, 0.25) is 0 Å². The maximum atomic E-state index is 13.0. The van der Waals surface area contributed by atoms with Crippen LogP contribution in [0.15, 0.2) is 66.7 Å². The molecule has 0 fully saturated rings. The summed E-state index contributed by atoms with van der Waals surface area (Å²) in [6, 6.07) is 21.8. The molecule has 0 aliphatic heterocycles. The number of carbonyl (C=O) groups is 2. The molecular formula is C23H22N2O2S. The van der Waals surface area contributed by atoms with Crippen LogP contribution in [0.1, 0.15) is 60.8 Å². The zero-order chi connectivity index (χ0) is 19.5. The molecule has 5 heteroatoms. The second kappa shape index (κ2) is 7.98. The van der Waals surface area contributed by atoms with Crippen LogP contribution in [0.25, 0.3) is 0 Å². The Morgan fingerprint density at radius 2 is 1.68 bits per heavy atom. The van der Waals surface area contributed by atoms with Crippen LogP contribution in [0, 0.1) is 0 Å². The topological polar surface area (TPSA) is 72.2 Å². The third-order valence-electron chi connectivity index (χ3n) is 5.34. The minimum Gasteiger partial charge on any atom is -0.365 e.